The van der Waals surface area contributed by atoms with Crippen LogP contribution in [-0.4, -0.2) is 61.3 Å². The quantitative estimate of drug-likeness (QED) is 0.681. The van der Waals surface area contributed by atoms with Crippen LogP contribution in [0.25, 0.3) is 0 Å². The van der Waals surface area contributed by atoms with E-state index in [1.165, 1.54) is 12.7 Å². The maximum Gasteiger partial charge on any atom is 0.319 e. The Hall–Kier alpha value is -2.70. The van der Waals surface area contributed by atoms with Gasteiger partial charge < -0.3 is 15.2 Å². The predicted octanol–water partition coefficient (Wildman–Crippen LogP) is 1.59. The molecule has 1 spiro atoms. The number of aliphatic hydroxyl groups excluding tert-OH is 1. The van der Waals surface area contributed by atoms with E-state index < -0.39 is 6.10 Å². The third kappa shape index (κ3) is 3.98. The van der Waals surface area contributed by atoms with Crippen molar-refractivity contribution in [2.45, 2.75) is 18.4 Å². The molecule has 2 aliphatic rings. The fourth-order valence-electron chi connectivity index (χ4n) is 5.13. The highest BCUT2D eigenvalue weighted by Crippen LogP contribution is 2.68. The smallest absolute Gasteiger partial charge is 0.319 e. The van der Waals surface area contributed by atoms with E-state index in [1.54, 1.807) is 0 Å². The molecule has 1 saturated heterocycles. The maximum absolute atomic E-state index is 12.5. The SMILES string of the molecule is COC(=O)CN1C[C@@H](O)[C@@]2(C1)[C@H](CNC(=O)Cc1ccccc1)[C@H]2c1ccccc1. The van der Waals surface area contributed by atoms with E-state index in [2.05, 4.69) is 17.4 Å². The molecule has 4 atom stereocenters. The standard InChI is InChI=1S/C24H28N2O4/c1-30-22(29)15-26-14-20(27)24(16-26)19(23(24)18-10-6-3-7-11-18)13-25-21(28)12-17-8-4-2-5-9-17/h2-11,19-20,23,27H,12-16H2,1H3,(H,25,28)/t19-,20-,23-,24-/m1/s1. The highest BCUT2D eigenvalue weighted by molar-refractivity contribution is 5.78. The molecular weight excluding hydrogens is 380 g/mol. The number of hydrogen-bond donors (Lipinski definition) is 2. The van der Waals surface area contributed by atoms with Crippen LogP contribution >= 0.6 is 0 Å². The summed E-state index contributed by atoms with van der Waals surface area (Å²) in [6.07, 6.45) is -0.212. The van der Waals surface area contributed by atoms with Crippen LogP contribution in [0.4, 0.5) is 0 Å². The lowest BCUT2D eigenvalue weighted by molar-refractivity contribution is -0.141. The largest absolute Gasteiger partial charge is 0.468 e. The van der Waals surface area contributed by atoms with Crippen molar-refractivity contribution in [1.29, 1.82) is 0 Å². The van der Waals surface area contributed by atoms with Gasteiger partial charge in [-0.15, -0.1) is 0 Å². The van der Waals surface area contributed by atoms with Crippen molar-refractivity contribution < 1.29 is 19.4 Å². The molecule has 4 rings (SSSR count). The zero-order chi connectivity index (χ0) is 21.1. The van der Waals surface area contributed by atoms with Crippen LogP contribution < -0.4 is 5.32 Å². The molecule has 30 heavy (non-hydrogen) atoms. The molecule has 1 heterocycles. The number of rotatable bonds is 7. The lowest BCUT2D eigenvalue weighted by Gasteiger charge is -2.16. The van der Waals surface area contributed by atoms with Gasteiger partial charge in [-0.3, -0.25) is 14.5 Å². The van der Waals surface area contributed by atoms with Gasteiger partial charge in [-0.05, 0) is 23.0 Å². The summed E-state index contributed by atoms with van der Waals surface area (Å²) >= 11 is 0. The Balaban J connectivity index is 1.46. The fourth-order valence-corrected chi connectivity index (χ4v) is 5.13. The number of methoxy groups -OCH3 is 1. The molecule has 2 fully saturated rings. The molecule has 6 nitrogen and oxygen atoms in total. The van der Waals surface area contributed by atoms with Gasteiger partial charge >= 0.3 is 5.97 Å². The second kappa shape index (κ2) is 8.58. The second-order valence-corrected chi connectivity index (χ2v) is 8.34. The Morgan fingerprint density at radius 2 is 1.80 bits per heavy atom. The van der Waals surface area contributed by atoms with Crippen molar-refractivity contribution in [3.05, 3.63) is 71.8 Å². The van der Waals surface area contributed by atoms with Crippen molar-refractivity contribution in [1.82, 2.24) is 10.2 Å². The van der Waals surface area contributed by atoms with Crippen LogP contribution in [0, 0.1) is 11.3 Å². The second-order valence-electron chi connectivity index (χ2n) is 8.34. The zero-order valence-electron chi connectivity index (χ0n) is 17.2. The van der Waals surface area contributed by atoms with E-state index >= 15 is 0 Å². The predicted molar refractivity (Wildman–Crippen MR) is 113 cm³/mol. The van der Waals surface area contributed by atoms with Gasteiger partial charge in [-0.2, -0.15) is 0 Å². The van der Waals surface area contributed by atoms with E-state index in [9.17, 15) is 14.7 Å². The highest BCUT2D eigenvalue weighted by Gasteiger charge is 2.71. The molecule has 2 aromatic rings. The van der Waals surface area contributed by atoms with Gasteiger partial charge in [-0.1, -0.05) is 60.7 Å². The summed E-state index contributed by atoms with van der Waals surface area (Å²) in [5, 5.41) is 14.0. The molecule has 6 heteroatoms. The van der Waals surface area contributed by atoms with E-state index in [0.29, 0.717) is 26.1 Å². The van der Waals surface area contributed by atoms with Crippen LogP contribution in [0.15, 0.2) is 60.7 Å². The van der Waals surface area contributed by atoms with Gasteiger partial charge in [0.25, 0.3) is 0 Å². The molecule has 0 aromatic heterocycles. The molecule has 1 aliphatic heterocycles. The van der Waals surface area contributed by atoms with Crippen molar-refractivity contribution in [2.75, 3.05) is 33.3 Å². The Bertz CT molecular complexity index is 889. The number of benzene rings is 2. The lowest BCUT2D eigenvalue weighted by Crippen LogP contribution is -2.31. The minimum absolute atomic E-state index is 0.0195. The first-order valence-corrected chi connectivity index (χ1v) is 10.4. The summed E-state index contributed by atoms with van der Waals surface area (Å²) in [7, 11) is 1.37. The average Bonchev–Trinajstić information content (AvgIpc) is 3.29. The van der Waals surface area contributed by atoms with E-state index in [4.69, 9.17) is 4.74 Å². The summed E-state index contributed by atoms with van der Waals surface area (Å²) in [6.45, 7) is 1.73. The summed E-state index contributed by atoms with van der Waals surface area (Å²) in [4.78, 5) is 26.2. The van der Waals surface area contributed by atoms with Crippen molar-refractivity contribution in [2.24, 2.45) is 11.3 Å². The number of likely N-dealkylation sites (tertiary alicyclic amines) is 1. The van der Waals surface area contributed by atoms with E-state index in [1.807, 2.05) is 53.4 Å². The molecule has 0 bridgehead atoms. The molecule has 1 saturated carbocycles. The maximum atomic E-state index is 12.5. The number of β-amino-alcohol motifs (C(OH)–C–C–N with tert-alkyl or cyclic N) is 1. The van der Waals surface area contributed by atoms with Gasteiger partial charge in [0.2, 0.25) is 5.91 Å². The first kappa shape index (κ1) is 20.6. The van der Waals surface area contributed by atoms with Crippen LogP contribution in [0.1, 0.15) is 17.0 Å². The van der Waals surface area contributed by atoms with Crippen LogP contribution in [0.5, 0.6) is 0 Å². The molecule has 2 aromatic carbocycles. The summed E-state index contributed by atoms with van der Waals surface area (Å²) in [5.41, 5.74) is 1.79. The van der Waals surface area contributed by atoms with E-state index in [0.717, 1.165) is 5.56 Å². The highest BCUT2D eigenvalue weighted by atomic mass is 16.5. The minimum Gasteiger partial charge on any atom is -0.468 e. The number of hydrogen-bond acceptors (Lipinski definition) is 5. The molecule has 0 radical (unpaired) electrons. The first-order valence-electron chi connectivity index (χ1n) is 10.4. The Morgan fingerprint density at radius 3 is 2.47 bits per heavy atom. The monoisotopic (exact) mass is 408 g/mol. The number of carbonyl (C=O) groups excluding carboxylic acids is 2. The van der Waals surface area contributed by atoms with Crippen LogP contribution in [0.3, 0.4) is 0 Å². The van der Waals surface area contributed by atoms with Crippen molar-refractivity contribution >= 4 is 11.9 Å². The molecule has 1 amide bonds. The fraction of sp³-hybridized carbons (Fsp3) is 0.417. The number of nitrogens with zero attached hydrogens (tertiary/aromatic N) is 1. The number of amides is 1. The number of esters is 1. The molecule has 0 unspecified atom stereocenters. The van der Waals surface area contributed by atoms with Gasteiger partial charge in [0, 0.05) is 25.0 Å². The van der Waals surface area contributed by atoms with Gasteiger partial charge in [-0.25, -0.2) is 0 Å². The Kier molecular flexibility index (Phi) is 5.88. The molecule has 2 N–H and O–H groups in total. The normalized spacial score (nSPS) is 27.7. The number of aliphatic hydroxyl groups is 1. The van der Waals surface area contributed by atoms with Crippen molar-refractivity contribution in [3.63, 3.8) is 0 Å². The summed E-state index contributed by atoms with van der Waals surface area (Å²) in [5.74, 6) is -0.0523. The first-order chi connectivity index (χ1) is 14.5. The van der Waals surface area contributed by atoms with Crippen LogP contribution in [-0.2, 0) is 20.7 Å². The number of carbonyl (C=O) groups is 2. The third-order valence-electron chi connectivity index (χ3n) is 6.58. The van der Waals surface area contributed by atoms with Gasteiger partial charge in [0.1, 0.15) is 0 Å². The zero-order valence-corrected chi connectivity index (χ0v) is 17.2. The minimum atomic E-state index is -0.552. The lowest BCUT2D eigenvalue weighted by atomic mass is 9.95. The van der Waals surface area contributed by atoms with Crippen molar-refractivity contribution in [3.8, 4) is 0 Å². The van der Waals surface area contributed by atoms with Gasteiger partial charge in [0.15, 0.2) is 0 Å². The molecular formula is C24H28N2O4. The molecule has 158 valence electrons. The third-order valence-corrected chi connectivity index (χ3v) is 6.58. The average molecular weight is 408 g/mol. The van der Waals surface area contributed by atoms with E-state index in [-0.39, 0.29) is 35.7 Å². The summed E-state index contributed by atoms with van der Waals surface area (Å²) in [6, 6.07) is 19.8. The number of ether oxygens (including phenoxy) is 1. The molecule has 1 aliphatic carbocycles. The Morgan fingerprint density at radius 1 is 1.13 bits per heavy atom. The topological polar surface area (TPSA) is 78.9 Å². The Labute approximate surface area is 176 Å². The van der Waals surface area contributed by atoms with Gasteiger partial charge in [0.05, 0.1) is 26.2 Å². The van der Waals surface area contributed by atoms with Crippen LogP contribution in [0.2, 0.25) is 0 Å². The summed E-state index contributed by atoms with van der Waals surface area (Å²) < 4.78 is 4.79. The number of nitrogens with one attached hydrogen (secondary N) is 1.